The molecule has 3 aliphatic rings. The van der Waals surface area contributed by atoms with Crippen molar-refractivity contribution >= 4 is 34.6 Å². The summed E-state index contributed by atoms with van der Waals surface area (Å²) in [5.41, 5.74) is -0.718. The number of rotatable bonds is 5. The van der Waals surface area contributed by atoms with E-state index in [4.69, 9.17) is 14.6 Å². The van der Waals surface area contributed by atoms with Crippen molar-refractivity contribution < 1.29 is 42.2 Å². The summed E-state index contributed by atoms with van der Waals surface area (Å²) < 4.78 is 38.5. The molecule has 39 heavy (non-hydrogen) atoms. The van der Waals surface area contributed by atoms with E-state index in [0.29, 0.717) is 15.7 Å². The molecule has 0 aliphatic carbocycles. The number of benzene rings is 1. The van der Waals surface area contributed by atoms with Crippen molar-refractivity contribution in [2.24, 2.45) is 5.92 Å². The van der Waals surface area contributed by atoms with Gasteiger partial charge < -0.3 is 24.2 Å². The van der Waals surface area contributed by atoms with Crippen LogP contribution >= 0.6 is 22.7 Å². The van der Waals surface area contributed by atoms with E-state index < -0.39 is 23.7 Å². The topological polar surface area (TPSA) is 86.7 Å². The first kappa shape index (κ1) is 28.8. The first-order valence-electron chi connectivity index (χ1n) is 12.2. The van der Waals surface area contributed by atoms with Gasteiger partial charge in [-0.3, -0.25) is 0 Å². The van der Waals surface area contributed by atoms with Crippen molar-refractivity contribution in [1.29, 1.82) is 0 Å². The van der Waals surface area contributed by atoms with Crippen molar-refractivity contribution in [1.82, 2.24) is 0 Å². The lowest BCUT2D eigenvalue weighted by Gasteiger charge is -2.51. The summed E-state index contributed by atoms with van der Waals surface area (Å²) in [6.45, 7) is 3.67. The van der Waals surface area contributed by atoms with Crippen LogP contribution in [0.5, 0.6) is 0 Å². The average molecular weight is 578 g/mol. The quantitative estimate of drug-likeness (QED) is 0.285. The number of hydrogen-bond acceptors (Lipinski definition) is 7. The highest BCUT2D eigenvalue weighted by molar-refractivity contribution is 7.12. The fourth-order valence-electron chi connectivity index (χ4n) is 4.92. The SMILES string of the molecule is O=C(O[C@H]1C[N+]2(CC#Cc3ccccc3)CCC1CC2)C(O)(c1cccs1)c1cccs1.O=C([O-])C(F)(F)F. The van der Waals surface area contributed by atoms with Gasteiger partial charge in [-0.05, 0) is 40.9 Å². The molecular formula is C28H26F3NO5S2. The lowest BCUT2D eigenvalue weighted by Crippen LogP contribution is -2.65. The predicted octanol–water partition coefficient (Wildman–Crippen LogP) is 3.55. The minimum absolute atomic E-state index is 0.185. The summed E-state index contributed by atoms with van der Waals surface area (Å²) in [7, 11) is 0. The first-order valence-corrected chi connectivity index (χ1v) is 14.0. The Kier molecular flexibility index (Phi) is 8.81. The van der Waals surface area contributed by atoms with Crippen LogP contribution in [0.25, 0.3) is 0 Å². The van der Waals surface area contributed by atoms with E-state index in [2.05, 4.69) is 11.8 Å². The molecule has 6 nitrogen and oxygen atoms in total. The largest absolute Gasteiger partial charge is 0.542 e. The van der Waals surface area contributed by atoms with Crippen LogP contribution in [0.3, 0.4) is 0 Å². The van der Waals surface area contributed by atoms with E-state index in [1.165, 1.54) is 22.7 Å². The molecule has 5 heterocycles. The molecule has 6 rings (SSSR count). The van der Waals surface area contributed by atoms with Crippen molar-refractivity contribution in [3.63, 3.8) is 0 Å². The smallest absolute Gasteiger partial charge is 0.430 e. The number of alkyl halides is 3. The van der Waals surface area contributed by atoms with Crippen molar-refractivity contribution in [3.8, 4) is 11.8 Å². The molecule has 0 saturated carbocycles. The van der Waals surface area contributed by atoms with Crippen LogP contribution in [-0.2, 0) is 19.9 Å². The Balaban J connectivity index is 0.000000448. The van der Waals surface area contributed by atoms with Gasteiger partial charge in [-0.25, -0.2) is 4.79 Å². The van der Waals surface area contributed by atoms with Crippen LogP contribution < -0.4 is 5.11 Å². The van der Waals surface area contributed by atoms with Gasteiger partial charge >= 0.3 is 12.1 Å². The number of ether oxygens (including phenoxy) is 1. The molecule has 3 fully saturated rings. The lowest BCUT2D eigenvalue weighted by molar-refractivity contribution is -0.939. The fraction of sp³-hybridized carbons (Fsp3) is 0.357. The average Bonchev–Trinajstić information content (AvgIpc) is 3.65. The molecule has 206 valence electrons. The van der Waals surface area contributed by atoms with Crippen LogP contribution in [0, 0.1) is 17.8 Å². The summed E-state index contributed by atoms with van der Waals surface area (Å²) in [4.78, 5) is 23.4. The summed E-state index contributed by atoms with van der Waals surface area (Å²) in [5, 5.41) is 24.1. The maximum absolute atomic E-state index is 13.4. The van der Waals surface area contributed by atoms with Crippen molar-refractivity contribution in [3.05, 3.63) is 80.7 Å². The fourth-order valence-corrected chi connectivity index (χ4v) is 6.64. The van der Waals surface area contributed by atoms with E-state index in [1.54, 1.807) is 12.1 Å². The number of halogens is 3. The lowest BCUT2D eigenvalue weighted by atomic mass is 9.83. The zero-order valence-electron chi connectivity index (χ0n) is 20.7. The molecule has 0 spiro atoms. The number of quaternary nitrogens is 1. The summed E-state index contributed by atoms with van der Waals surface area (Å²) >= 11 is 2.75. The summed E-state index contributed by atoms with van der Waals surface area (Å²) in [5.74, 6) is 3.44. The van der Waals surface area contributed by atoms with Crippen molar-refractivity contribution in [2.75, 3.05) is 26.2 Å². The number of hydrogen-bond donors (Lipinski definition) is 1. The molecule has 3 aromatic rings. The predicted molar refractivity (Wildman–Crippen MR) is 138 cm³/mol. The number of fused-ring (bicyclic) bond motifs is 3. The Morgan fingerprint density at radius 1 is 1.00 bits per heavy atom. The van der Waals surface area contributed by atoms with Gasteiger partial charge in [0.2, 0.25) is 5.60 Å². The van der Waals surface area contributed by atoms with E-state index in [0.717, 1.165) is 49.1 Å². The number of thiophene rings is 2. The Morgan fingerprint density at radius 3 is 2.05 bits per heavy atom. The van der Waals surface area contributed by atoms with Crippen LogP contribution in [0.2, 0.25) is 0 Å². The van der Waals surface area contributed by atoms with E-state index in [9.17, 15) is 23.1 Å². The number of carboxylic acids is 1. The molecule has 11 heteroatoms. The number of aliphatic hydroxyl groups is 1. The summed E-state index contributed by atoms with van der Waals surface area (Å²) in [6.07, 6.45) is -3.32. The van der Waals surface area contributed by atoms with E-state index >= 15 is 0 Å². The first-order chi connectivity index (χ1) is 18.5. The minimum Gasteiger partial charge on any atom is -0.542 e. The number of carbonyl (C=O) groups is 2. The van der Waals surface area contributed by atoms with Crippen LogP contribution in [0.1, 0.15) is 28.2 Å². The van der Waals surface area contributed by atoms with Crippen LogP contribution in [0.4, 0.5) is 13.2 Å². The molecule has 0 radical (unpaired) electrons. The second kappa shape index (κ2) is 11.9. The molecule has 2 aromatic heterocycles. The van der Waals surface area contributed by atoms with Gasteiger partial charge in [-0.1, -0.05) is 36.3 Å². The number of carbonyl (C=O) groups excluding carboxylic acids is 2. The number of aliphatic carboxylic acids is 1. The molecule has 0 amide bonds. The number of nitrogens with zero attached hydrogens (tertiary/aromatic N) is 1. The van der Waals surface area contributed by atoms with E-state index in [-0.39, 0.29) is 6.10 Å². The normalized spacial score (nSPS) is 22.2. The van der Waals surface area contributed by atoms with Gasteiger partial charge in [0.15, 0.2) is 6.10 Å². The molecule has 3 saturated heterocycles. The van der Waals surface area contributed by atoms with Gasteiger partial charge in [0.05, 0.1) is 22.8 Å². The van der Waals surface area contributed by atoms with E-state index in [1.807, 2.05) is 53.2 Å². The third kappa shape index (κ3) is 6.70. The molecule has 0 unspecified atom stereocenters. The third-order valence-corrected chi connectivity index (χ3v) is 8.96. The highest BCUT2D eigenvalue weighted by Crippen LogP contribution is 2.40. The monoisotopic (exact) mass is 577 g/mol. The third-order valence-electron chi connectivity index (χ3n) is 7.00. The van der Waals surface area contributed by atoms with Gasteiger partial charge in [-0.15, -0.1) is 22.7 Å². The second-order valence-electron chi connectivity index (χ2n) is 9.53. The zero-order chi connectivity index (χ0) is 28.1. The molecule has 1 aromatic carbocycles. The molecule has 2 bridgehead atoms. The number of esters is 1. The van der Waals surface area contributed by atoms with Gasteiger partial charge in [0.1, 0.15) is 19.1 Å². The van der Waals surface area contributed by atoms with Gasteiger partial charge in [-0.2, -0.15) is 13.2 Å². The molecule has 1 atom stereocenters. The maximum Gasteiger partial charge on any atom is 0.430 e. The second-order valence-corrected chi connectivity index (χ2v) is 11.4. The zero-order valence-corrected chi connectivity index (χ0v) is 22.4. The molecule has 1 N–H and O–H groups in total. The van der Waals surface area contributed by atoms with Gasteiger partial charge in [0, 0.05) is 24.3 Å². The Morgan fingerprint density at radius 2 is 1.56 bits per heavy atom. The highest BCUT2D eigenvalue weighted by Gasteiger charge is 2.51. The van der Waals surface area contributed by atoms with Gasteiger partial charge in [0.25, 0.3) is 0 Å². The summed E-state index contributed by atoms with van der Waals surface area (Å²) in [6, 6.07) is 17.4. The maximum atomic E-state index is 13.4. The molecule has 3 aliphatic heterocycles. The number of piperidine rings is 3. The Labute approximate surface area is 231 Å². The standard InChI is InChI=1S/C26H26NO3S2.C2HF3O2/c28-25(26(29,23-10-5-17-31-23)24-11-6-18-32-24)30-22-19-27(15-12-21(22)13-16-27)14-4-9-20-7-2-1-3-8-20;3-2(4,5)1(6)7/h1-3,5-8,10-11,17-18,21-22,29H,12-16,19H2;(H,6,7)/q+1;/p-1/t21?,22-,27?;/m0./s1. The Hall–Kier alpha value is -3.17. The number of carboxylic acid groups (broad SMARTS) is 1. The van der Waals surface area contributed by atoms with Crippen LogP contribution in [-0.4, -0.2) is 60.0 Å². The minimum atomic E-state index is -5.19. The molecular weight excluding hydrogens is 551 g/mol. The van der Waals surface area contributed by atoms with Crippen molar-refractivity contribution in [2.45, 2.75) is 30.7 Å². The Bertz CT molecular complexity index is 1270. The highest BCUT2D eigenvalue weighted by atomic mass is 32.1. The van der Waals surface area contributed by atoms with Crippen LogP contribution in [0.15, 0.2) is 65.4 Å².